The van der Waals surface area contributed by atoms with Gasteiger partial charge in [0.15, 0.2) is 0 Å². The molecule has 0 saturated carbocycles. The van der Waals surface area contributed by atoms with E-state index < -0.39 is 0 Å². The molecule has 1 aliphatic heterocycles. The Morgan fingerprint density at radius 1 is 1.26 bits per heavy atom. The molecule has 3 nitrogen and oxygen atoms in total. The molecule has 0 radical (unpaired) electrons. The predicted molar refractivity (Wildman–Crippen MR) is 96.5 cm³/mol. The molecule has 0 spiro atoms. The Morgan fingerprint density at radius 2 is 2.13 bits per heavy atom. The molecule has 122 valence electrons. The van der Waals surface area contributed by atoms with Crippen LogP contribution < -0.4 is 15.4 Å². The SMILES string of the molecule is CCC(Cc1ccc2c(c1)NCCO2)NCc1ccccc1Cl. The van der Waals surface area contributed by atoms with Crippen molar-refractivity contribution in [3.05, 3.63) is 58.6 Å². The molecule has 0 aromatic heterocycles. The molecule has 2 N–H and O–H groups in total. The van der Waals surface area contributed by atoms with Gasteiger partial charge in [-0.3, -0.25) is 0 Å². The van der Waals surface area contributed by atoms with E-state index in [1.54, 1.807) is 0 Å². The Labute approximate surface area is 143 Å². The molecule has 23 heavy (non-hydrogen) atoms. The summed E-state index contributed by atoms with van der Waals surface area (Å²) in [4.78, 5) is 0. The van der Waals surface area contributed by atoms with E-state index in [9.17, 15) is 0 Å². The molecule has 4 heteroatoms. The smallest absolute Gasteiger partial charge is 0.142 e. The molecule has 0 aliphatic carbocycles. The number of halogens is 1. The third kappa shape index (κ3) is 4.18. The second-order valence-corrected chi connectivity index (χ2v) is 6.29. The van der Waals surface area contributed by atoms with Crippen LogP contribution in [0, 0.1) is 0 Å². The highest BCUT2D eigenvalue weighted by Gasteiger charge is 2.13. The average molecular weight is 331 g/mol. The lowest BCUT2D eigenvalue weighted by molar-refractivity contribution is 0.323. The number of fused-ring (bicyclic) bond motifs is 1. The molecular weight excluding hydrogens is 308 g/mol. The normalized spacial score (nSPS) is 14.5. The zero-order chi connectivity index (χ0) is 16.1. The van der Waals surface area contributed by atoms with Crippen LogP contribution in [0.2, 0.25) is 5.02 Å². The van der Waals surface area contributed by atoms with Crippen molar-refractivity contribution < 1.29 is 4.74 Å². The van der Waals surface area contributed by atoms with Gasteiger partial charge in [0.25, 0.3) is 0 Å². The minimum absolute atomic E-state index is 0.425. The fourth-order valence-electron chi connectivity index (χ4n) is 2.86. The fraction of sp³-hybridized carbons (Fsp3) is 0.368. The number of anilines is 1. The summed E-state index contributed by atoms with van der Waals surface area (Å²) in [5.41, 5.74) is 3.57. The third-order valence-electron chi connectivity index (χ3n) is 4.23. The number of rotatable bonds is 6. The van der Waals surface area contributed by atoms with Crippen LogP contribution >= 0.6 is 11.6 Å². The summed E-state index contributed by atoms with van der Waals surface area (Å²) in [5, 5.41) is 7.84. The van der Waals surface area contributed by atoms with Gasteiger partial charge in [-0.15, -0.1) is 0 Å². The van der Waals surface area contributed by atoms with E-state index in [4.69, 9.17) is 16.3 Å². The van der Waals surface area contributed by atoms with Crippen molar-refractivity contribution in [1.29, 1.82) is 0 Å². The first-order chi connectivity index (χ1) is 11.3. The first kappa shape index (κ1) is 16.2. The maximum Gasteiger partial charge on any atom is 0.142 e. The summed E-state index contributed by atoms with van der Waals surface area (Å²) >= 11 is 6.23. The van der Waals surface area contributed by atoms with Crippen molar-refractivity contribution in [2.45, 2.75) is 32.4 Å². The van der Waals surface area contributed by atoms with Crippen molar-refractivity contribution >= 4 is 17.3 Å². The van der Waals surface area contributed by atoms with Gasteiger partial charge in [-0.1, -0.05) is 42.8 Å². The first-order valence-corrected chi connectivity index (χ1v) is 8.60. The van der Waals surface area contributed by atoms with E-state index in [1.165, 1.54) is 5.56 Å². The van der Waals surface area contributed by atoms with Crippen molar-refractivity contribution in [3.63, 3.8) is 0 Å². The molecule has 2 aromatic rings. The number of hydrogen-bond donors (Lipinski definition) is 2. The number of hydrogen-bond acceptors (Lipinski definition) is 3. The Bertz CT molecular complexity index is 660. The molecule has 0 fully saturated rings. The lowest BCUT2D eigenvalue weighted by Gasteiger charge is -2.22. The minimum atomic E-state index is 0.425. The summed E-state index contributed by atoms with van der Waals surface area (Å²) < 4.78 is 5.64. The number of nitrogens with one attached hydrogen (secondary N) is 2. The molecule has 0 amide bonds. The fourth-order valence-corrected chi connectivity index (χ4v) is 3.06. The molecule has 0 bridgehead atoms. The van der Waals surface area contributed by atoms with Gasteiger partial charge >= 0.3 is 0 Å². The lowest BCUT2D eigenvalue weighted by atomic mass is 10.0. The summed E-state index contributed by atoms with van der Waals surface area (Å²) in [7, 11) is 0. The van der Waals surface area contributed by atoms with Crippen LogP contribution in [0.3, 0.4) is 0 Å². The van der Waals surface area contributed by atoms with Crippen molar-refractivity contribution in [3.8, 4) is 5.75 Å². The van der Waals surface area contributed by atoms with Crippen molar-refractivity contribution in [2.75, 3.05) is 18.5 Å². The predicted octanol–water partition coefficient (Wildman–Crippen LogP) is 4.26. The van der Waals surface area contributed by atoms with Crippen LogP contribution in [-0.4, -0.2) is 19.2 Å². The number of ether oxygens (including phenoxy) is 1. The summed E-state index contributed by atoms with van der Waals surface area (Å²) in [6, 6.07) is 14.9. The van der Waals surface area contributed by atoms with Gasteiger partial charge in [-0.05, 0) is 42.2 Å². The number of benzene rings is 2. The van der Waals surface area contributed by atoms with E-state index in [0.717, 1.165) is 54.6 Å². The van der Waals surface area contributed by atoms with Crippen LogP contribution in [0.25, 0.3) is 0 Å². The van der Waals surface area contributed by atoms with E-state index in [2.05, 4.69) is 41.8 Å². The van der Waals surface area contributed by atoms with E-state index in [0.29, 0.717) is 6.04 Å². The highest BCUT2D eigenvalue weighted by molar-refractivity contribution is 6.31. The molecular formula is C19H23ClN2O. The third-order valence-corrected chi connectivity index (χ3v) is 4.60. The lowest BCUT2D eigenvalue weighted by Crippen LogP contribution is -2.30. The van der Waals surface area contributed by atoms with E-state index in [-0.39, 0.29) is 0 Å². The maximum atomic E-state index is 6.23. The van der Waals surface area contributed by atoms with Crippen LogP contribution in [0.5, 0.6) is 5.75 Å². The molecule has 1 unspecified atom stereocenters. The quantitative estimate of drug-likeness (QED) is 0.830. The van der Waals surface area contributed by atoms with Gasteiger partial charge in [0.1, 0.15) is 12.4 Å². The highest BCUT2D eigenvalue weighted by atomic mass is 35.5. The van der Waals surface area contributed by atoms with Crippen molar-refractivity contribution in [2.24, 2.45) is 0 Å². The van der Waals surface area contributed by atoms with Crippen LogP contribution in [0.1, 0.15) is 24.5 Å². The Kier molecular flexibility index (Phi) is 5.42. The molecule has 1 aliphatic rings. The molecule has 2 aromatic carbocycles. The van der Waals surface area contributed by atoms with Gasteiger partial charge in [-0.25, -0.2) is 0 Å². The largest absolute Gasteiger partial charge is 0.490 e. The van der Waals surface area contributed by atoms with Crippen molar-refractivity contribution in [1.82, 2.24) is 5.32 Å². The summed E-state index contributed by atoms with van der Waals surface area (Å²) in [6.07, 6.45) is 2.07. The Balaban J connectivity index is 1.62. The summed E-state index contributed by atoms with van der Waals surface area (Å²) in [6.45, 7) is 4.62. The molecule has 1 atom stereocenters. The highest BCUT2D eigenvalue weighted by Crippen LogP contribution is 2.28. The summed E-state index contributed by atoms with van der Waals surface area (Å²) in [5.74, 6) is 0.956. The van der Waals surface area contributed by atoms with Crippen LogP contribution in [-0.2, 0) is 13.0 Å². The van der Waals surface area contributed by atoms with E-state index in [1.807, 2.05) is 18.2 Å². The Morgan fingerprint density at radius 3 is 2.96 bits per heavy atom. The first-order valence-electron chi connectivity index (χ1n) is 8.22. The molecule has 1 heterocycles. The molecule has 0 saturated heterocycles. The minimum Gasteiger partial charge on any atom is -0.490 e. The van der Waals surface area contributed by atoms with Gasteiger partial charge in [-0.2, -0.15) is 0 Å². The second-order valence-electron chi connectivity index (χ2n) is 5.89. The molecule has 3 rings (SSSR count). The van der Waals surface area contributed by atoms with Gasteiger partial charge in [0.2, 0.25) is 0 Å². The maximum absolute atomic E-state index is 6.23. The average Bonchev–Trinajstić information content (AvgIpc) is 2.59. The van der Waals surface area contributed by atoms with Gasteiger partial charge < -0.3 is 15.4 Å². The second kappa shape index (κ2) is 7.71. The zero-order valence-electron chi connectivity index (χ0n) is 13.4. The monoisotopic (exact) mass is 330 g/mol. The topological polar surface area (TPSA) is 33.3 Å². The van der Waals surface area contributed by atoms with E-state index >= 15 is 0 Å². The van der Waals surface area contributed by atoms with Crippen LogP contribution in [0.4, 0.5) is 5.69 Å². The van der Waals surface area contributed by atoms with Crippen LogP contribution in [0.15, 0.2) is 42.5 Å². The van der Waals surface area contributed by atoms with Gasteiger partial charge in [0, 0.05) is 24.2 Å². The zero-order valence-corrected chi connectivity index (χ0v) is 14.2. The van der Waals surface area contributed by atoms with Gasteiger partial charge in [0.05, 0.1) is 5.69 Å². The Hall–Kier alpha value is -1.71. The standard InChI is InChI=1S/C19H23ClN2O/c1-2-16(22-13-15-5-3-4-6-17(15)20)11-14-7-8-19-18(12-14)21-9-10-23-19/h3-8,12,16,21-22H,2,9-11,13H2,1H3.